The Labute approximate surface area is 115 Å². The third-order valence-corrected chi connectivity index (χ3v) is 2.65. The van der Waals surface area contributed by atoms with Gasteiger partial charge in [-0.15, -0.1) is 0 Å². The summed E-state index contributed by atoms with van der Waals surface area (Å²) in [6.07, 6.45) is -2.91. The standard InChI is InChI=1S/C11H9F3N4O3/c1-18-9(20)7(21-2)5(4-16-18)6-3-15-10(11(12,13)14)17-8(6)19/h3-4H,1-2H3,(H,15,17,19). The number of rotatable bonds is 2. The average molecular weight is 302 g/mol. The summed E-state index contributed by atoms with van der Waals surface area (Å²) in [5.74, 6) is -1.63. The molecule has 0 spiro atoms. The van der Waals surface area contributed by atoms with Gasteiger partial charge in [0.05, 0.1) is 24.4 Å². The maximum atomic E-state index is 12.4. The first-order valence-corrected chi connectivity index (χ1v) is 5.53. The molecular formula is C11H9F3N4O3. The summed E-state index contributed by atoms with van der Waals surface area (Å²) in [6.45, 7) is 0. The molecule has 0 saturated carbocycles. The summed E-state index contributed by atoms with van der Waals surface area (Å²) in [7, 11) is 2.57. The van der Waals surface area contributed by atoms with Crippen LogP contribution in [-0.4, -0.2) is 26.9 Å². The van der Waals surface area contributed by atoms with Gasteiger partial charge in [-0.3, -0.25) is 9.59 Å². The van der Waals surface area contributed by atoms with Crippen LogP contribution in [0.2, 0.25) is 0 Å². The normalized spacial score (nSPS) is 11.5. The lowest BCUT2D eigenvalue weighted by Crippen LogP contribution is -2.24. The lowest BCUT2D eigenvalue weighted by molar-refractivity contribution is -0.145. The van der Waals surface area contributed by atoms with Gasteiger partial charge in [0, 0.05) is 13.2 Å². The highest BCUT2D eigenvalue weighted by Gasteiger charge is 2.34. The van der Waals surface area contributed by atoms with Crippen molar-refractivity contribution in [1.29, 1.82) is 0 Å². The Morgan fingerprint density at radius 3 is 2.43 bits per heavy atom. The van der Waals surface area contributed by atoms with E-state index in [2.05, 4.69) is 10.1 Å². The molecule has 2 aromatic heterocycles. The Balaban J connectivity index is 2.67. The van der Waals surface area contributed by atoms with Gasteiger partial charge in [0.15, 0.2) is 5.75 Å². The van der Waals surface area contributed by atoms with E-state index in [4.69, 9.17) is 4.74 Å². The molecule has 0 aromatic carbocycles. The molecule has 0 aliphatic rings. The van der Waals surface area contributed by atoms with Gasteiger partial charge in [0.1, 0.15) is 0 Å². The van der Waals surface area contributed by atoms with Crippen molar-refractivity contribution in [2.75, 3.05) is 7.11 Å². The molecule has 0 fully saturated rings. The van der Waals surface area contributed by atoms with Gasteiger partial charge in [0.25, 0.3) is 5.56 Å². The van der Waals surface area contributed by atoms with Crippen molar-refractivity contribution in [1.82, 2.24) is 19.7 Å². The first kappa shape index (κ1) is 14.8. The predicted octanol–water partition coefficient (Wildman–Crippen LogP) is 0.558. The van der Waals surface area contributed by atoms with Crippen molar-refractivity contribution in [2.45, 2.75) is 6.18 Å². The fourth-order valence-corrected chi connectivity index (χ4v) is 1.64. The highest BCUT2D eigenvalue weighted by atomic mass is 19.4. The SMILES string of the molecule is COc1c(-c2cnc(C(F)(F)F)[nH]c2=O)cnn(C)c1=O. The Morgan fingerprint density at radius 2 is 1.90 bits per heavy atom. The summed E-state index contributed by atoms with van der Waals surface area (Å²) in [4.78, 5) is 28.3. The molecule has 0 amide bonds. The molecule has 21 heavy (non-hydrogen) atoms. The van der Waals surface area contributed by atoms with Crippen molar-refractivity contribution in [3.63, 3.8) is 0 Å². The Bertz CT molecular complexity index is 795. The van der Waals surface area contributed by atoms with Crippen molar-refractivity contribution in [3.05, 3.63) is 38.9 Å². The predicted molar refractivity (Wildman–Crippen MR) is 64.9 cm³/mol. The van der Waals surface area contributed by atoms with Crippen LogP contribution in [0.1, 0.15) is 5.82 Å². The zero-order valence-corrected chi connectivity index (χ0v) is 10.9. The number of hydrogen-bond donors (Lipinski definition) is 1. The number of alkyl halides is 3. The summed E-state index contributed by atoms with van der Waals surface area (Å²) >= 11 is 0. The smallest absolute Gasteiger partial charge is 0.449 e. The number of aromatic amines is 1. The van der Waals surface area contributed by atoms with Gasteiger partial charge in [0.2, 0.25) is 5.82 Å². The molecule has 1 N–H and O–H groups in total. The number of halogens is 3. The maximum Gasteiger partial charge on any atom is 0.449 e. The van der Waals surface area contributed by atoms with E-state index in [0.29, 0.717) is 0 Å². The molecule has 0 aliphatic heterocycles. The third-order valence-electron chi connectivity index (χ3n) is 2.65. The molecule has 7 nitrogen and oxygen atoms in total. The summed E-state index contributed by atoms with van der Waals surface area (Å²) in [6, 6.07) is 0. The first-order chi connectivity index (χ1) is 9.75. The highest BCUT2D eigenvalue weighted by Crippen LogP contribution is 2.27. The van der Waals surface area contributed by atoms with E-state index in [1.54, 1.807) is 4.98 Å². The van der Waals surface area contributed by atoms with Crippen LogP contribution in [0.5, 0.6) is 5.75 Å². The Kier molecular flexibility index (Phi) is 3.54. The van der Waals surface area contributed by atoms with E-state index < -0.39 is 23.1 Å². The Hall–Kier alpha value is -2.65. The molecule has 0 aliphatic carbocycles. The largest absolute Gasteiger partial charge is 0.491 e. The van der Waals surface area contributed by atoms with E-state index in [1.807, 2.05) is 0 Å². The minimum Gasteiger partial charge on any atom is -0.491 e. The van der Waals surface area contributed by atoms with Crippen LogP contribution in [0.25, 0.3) is 11.1 Å². The first-order valence-electron chi connectivity index (χ1n) is 5.53. The van der Waals surface area contributed by atoms with Crippen molar-refractivity contribution in [3.8, 4) is 16.9 Å². The van der Waals surface area contributed by atoms with Crippen LogP contribution in [0.4, 0.5) is 13.2 Å². The minimum absolute atomic E-state index is 0.0388. The van der Waals surface area contributed by atoms with Gasteiger partial charge in [-0.2, -0.15) is 18.3 Å². The van der Waals surface area contributed by atoms with Crippen LogP contribution in [0.3, 0.4) is 0 Å². The fourth-order valence-electron chi connectivity index (χ4n) is 1.64. The second-order valence-corrected chi connectivity index (χ2v) is 3.99. The second kappa shape index (κ2) is 5.04. The summed E-state index contributed by atoms with van der Waals surface area (Å²) in [5.41, 5.74) is -1.96. The number of aryl methyl sites for hydroxylation is 1. The molecular weight excluding hydrogens is 293 g/mol. The van der Waals surface area contributed by atoms with Gasteiger partial charge in [-0.05, 0) is 0 Å². The quantitative estimate of drug-likeness (QED) is 0.875. The van der Waals surface area contributed by atoms with Gasteiger partial charge in [-0.1, -0.05) is 0 Å². The van der Waals surface area contributed by atoms with E-state index in [1.165, 1.54) is 14.2 Å². The summed E-state index contributed by atoms with van der Waals surface area (Å²) < 4.78 is 43.2. The molecule has 0 atom stereocenters. The van der Waals surface area contributed by atoms with Crippen LogP contribution in [0, 0.1) is 0 Å². The monoisotopic (exact) mass is 302 g/mol. The molecule has 0 bridgehead atoms. The third kappa shape index (κ3) is 2.64. The number of ether oxygens (including phenoxy) is 1. The maximum absolute atomic E-state index is 12.4. The fraction of sp³-hybridized carbons (Fsp3) is 0.273. The van der Waals surface area contributed by atoms with E-state index in [-0.39, 0.29) is 16.9 Å². The molecule has 2 aromatic rings. The highest BCUT2D eigenvalue weighted by molar-refractivity contribution is 5.67. The molecule has 2 heterocycles. The van der Waals surface area contributed by atoms with Crippen LogP contribution in [0.15, 0.2) is 22.0 Å². The van der Waals surface area contributed by atoms with E-state index in [9.17, 15) is 22.8 Å². The van der Waals surface area contributed by atoms with Crippen LogP contribution >= 0.6 is 0 Å². The van der Waals surface area contributed by atoms with Gasteiger partial charge in [-0.25, -0.2) is 9.67 Å². The number of aromatic nitrogens is 4. The lowest BCUT2D eigenvalue weighted by Gasteiger charge is -2.09. The molecule has 0 radical (unpaired) electrons. The van der Waals surface area contributed by atoms with Crippen molar-refractivity contribution < 1.29 is 17.9 Å². The lowest BCUT2D eigenvalue weighted by atomic mass is 10.1. The molecule has 0 saturated heterocycles. The van der Waals surface area contributed by atoms with Gasteiger partial charge < -0.3 is 9.72 Å². The second-order valence-electron chi connectivity index (χ2n) is 3.99. The van der Waals surface area contributed by atoms with Gasteiger partial charge >= 0.3 is 11.7 Å². The van der Waals surface area contributed by atoms with Crippen LogP contribution < -0.4 is 15.9 Å². The van der Waals surface area contributed by atoms with Crippen LogP contribution in [-0.2, 0) is 13.2 Å². The zero-order chi connectivity index (χ0) is 15.8. The Morgan fingerprint density at radius 1 is 1.24 bits per heavy atom. The zero-order valence-electron chi connectivity index (χ0n) is 10.9. The van der Waals surface area contributed by atoms with Crippen molar-refractivity contribution in [2.24, 2.45) is 7.05 Å². The number of nitrogens with one attached hydrogen (secondary N) is 1. The topological polar surface area (TPSA) is 89.9 Å². The number of H-pyrrole nitrogens is 1. The van der Waals surface area contributed by atoms with E-state index >= 15 is 0 Å². The number of hydrogen-bond acceptors (Lipinski definition) is 5. The van der Waals surface area contributed by atoms with E-state index in [0.717, 1.165) is 17.1 Å². The molecule has 112 valence electrons. The minimum atomic E-state index is -4.77. The average Bonchev–Trinajstić information content (AvgIpc) is 2.41. The molecule has 2 rings (SSSR count). The van der Waals surface area contributed by atoms with Crippen molar-refractivity contribution >= 4 is 0 Å². The number of nitrogens with zero attached hydrogens (tertiary/aromatic N) is 3. The number of methoxy groups -OCH3 is 1. The summed E-state index contributed by atoms with van der Waals surface area (Å²) in [5, 5.41) is 3.70. The molecule has 10 heteroatoms. The molecule has 0 unspecified atom stereocenters.